The molecule has 0 aliphatic rings. The maximum absolute atomic E-state index is 6.09. The summed E-state index contributed by atoms with van der Waals surface area (Å²) in [5, 5.41) is 0.629. The Bertz CT molecular complexity index is 508. The van der Waals surface area contributed by atoms with Crippen molar-refractivity contribution in [3.05, 3.63) is 44.2 Å². The Hall–Kier alpha value is -0.320. The lowest BCUT2D eigenvalue weighted by molar-refractivity contribution is 0.939. The zero-order chi connectivity index (χ0) is 11.0. The molecule has 0 saturated carbocycles. The van der Waals surface area contributed by atoms with Gasteiger partial charge in [-0.05, 0) is 57.0 Å². The van der Waals surface area contributed by atoms with Crippen LogP contribution in [0.15, 0.2) is 33.5 Å². The summed E-state index contributed by atoms with van der Waals surface area (Å²) in [5.41, 5.74) is 1.06. The Balaban J connectivity index is 2.69. The van der Waals surface area contributed by atoms with Crippen LogP contribution in [0.5, 0.6) is 0 Å². The SMILES string of the molecule is Cc1cc(Br)c(Br)n1-c1ncccc1Cl. The van der Waals surface area contributed by atoms with Crippen LogP contribution in [0, 0.1) is 6.92 Å². The first kappa shape index (κ1) is 11.2. The van der Waals surface area contributed by atoms with E-state index >= 15 is 0 Å². The van der Waals surface area contributed by atoms with E-state index in [2.05, 4.69) is 36.8 Å². The number of hydrogen-bond donors (Lipinski definition) is 0. The van der Waals surface area contributed by atoms with Crippen molar-refractivity contribution in [3.63, 3.8) is 0 Å². The van der Waals surface area contributed by atoms with Crippen molar-refractivity contribution < 1.29 is 0 Å². The van der Waals surface area contributed by atoms with Crippen LogP contribution in [0.3, 0.4) is 0 Å². The zero-order valence-corrected chi connectivity index (χ0v) is 11.8. The second-order valence-corrected chi connectivity index (χ2v) is 5.08. The molecule has 0 aromatic carbocycles. The highest BCUT2D eigenvalue weighted by Crippen LogP contribution is 2.31. The molecule has 0 unspecified atom stereocenters. The van der Waals surface area contributed by atoms with E-state index in [-0.39, 0.29) is 0 Å². The fourth-order valence-corrected chi connectivity index (χ4v) is 2.65. The number of pyridine rings is 1. The largest absolute Gasteiger partial charge is 0.290 e. The van der Waals surface area contributed by atoms with Crippen LogP contribution in [0.1, 0.15) is 5.69 Å². The summed E-state index contributed by atoms with van der Waals surface area (Å²) in [6, 6.07) is 5.65. The third-order valence-corrected chi connectivity index (χ3v) is 4.25. The first-order valence-corrected chi connectivity index (χ1v) is 6.22. The molecule has 0 aliphatic carbocycles. The highest BCUT2D eigenvalue weighted by Gasteiger charge is 2.12. The van der Waals surface area contributed by atoms with Gasteiger partial charge in [-0.15, -0.1) is 0 Å². The predicted molar refractivity (Wildman–Crippen MR) is 68.7 cm³/mol. The van der Waals surface area contributed by atoms with Crippen molar-refractivity contribution in [2.24, 2.45) is 0 Å². The smallest absolute Gasteiger partial charge is 0.156 e. The molecule has 15 heavy (non-hydrogen) atoms. The summed E-state index contributed by atoms with van der Waals surface area (Å²) in [5.74, 6) is 0.731. The highest BCUT2D eigenvalue weighted by atomic mass is 79.9. The topological polar surface area (TPSA) is 17.8 Å². The quantitative estimate of drug-likeness (QED) is 0.747. The van der Waals surface area contributed by atoms with Gasteiger partial charge in [0.25, 0.3) is 0 Å². The first-order chi connectivity index (χ1) is 7.11. The van der Waals surface area contributed by atoms with Gasteiger partial charge >= 0.3 is 0 Å². The molecule has 2 aromatic heterocycles. The van der Waals surface area contributed by atoms with E-state index in [4.69, 9.17) is 11.6 Å². The second-order valence-electron chi connectivity index (χ2n) is 3.07. The van der Waals surface area contributed by atoms with E-state index in [1.807, 2.05) is 29.7 Å². The van der Waals surface area contributed by atoms with Crippen molar-refractivity contribution in [3.8, 4) is 5.82 Å². The molecule has 2 rings (SSSR count). The number of rotatable bonds is 1. The van der Waals surface area contributed by atoms with Gasteiger partial charge in [-0.2, -0.15) is 0 Å². The predicted octanol–water partition coefficient (Wildman–Crippen LogP) is 4.36. The van der Waals surface area contributed by atoms with Crippen LogP contribution in [-0.2, 0) is 0 Å². The molecule has 0 aliphatic heterocycles. The van der Waals surface area contributed by atoms with Crippen molar-refractivity contribution >= 4 is 43.5 Å². The number of aromatic nitrogens is 2. The fraction of sp³-hybridized carbons (Fsp3) is 0.100. The number of halogens is 3. The molecule has 0 saturated heterocycles. The van der Waals surface area contributed by atoms with Crippen molar-refractivity contribution in [1.82, 2.24) is 9.55 Å². The molecule has 0 bridgehead atoms. The Morgan fingerprint density at radius 3 is 2.67 bits per heavy atom. The molecule has 0 radical (unpaired) electrons. The molecule has 5 heteroatoms. The average Bonchev–Trinajstić information content (AvgIpc) is 2.43. The van der Waals surface area contributed by atoms with E-state index in [9.17, 15) is 0 Å². The highest BCUT2D eigenvalue weighted by molar-refractivity contribution is 9.13. The summed E-state index contributed by atoms with van der Waals surface area (Å²) in [6.45, 7) is 2.00. The van der Waals surface area contributed by atoms with Gasteiger partial charge in [-0.25, -0.2) is 4.98 Å². The molecule has 0 spiro atoms. The van der Waals surface area contributed by atoms with Gasteiger partial charge in [0.2, 0.25) is 0 Å². The molecule has 2 nitrogen and oxygen atoms in total. The van der Waals surface area contributed by atoms with Crippen molar-refractivity contribution in [2.75, 3.05) is 0 Å². The first-order valence-electron chi connectivity index (χ1n) is 4.25. The Kier molecular flexibility index (Phi) is 3.19. The molecule has 0 atom stereocenters. The maximum Gasteiger partial charge on any atom is 0.156 e. The van der Waals surface area contributed by atoms with Crippen LogP contribution in [0.4, 0.5) is 0 Å². The average molecular weight is 350 g/mol. The second kappa shape index (κ2) is 4.28. The van der Waals surface area contributed by atoms with Gasteiger partial charge in [-0.1, -0.05) is 11.6 Å². The van der Waals surface area contributed by atoms with Gasteiger partial charge < -0.3 is 0 Å². The lowest BCUT2D eigenvalue weighted by atomic mass is 10.4. The lowest BCUT2D eigenvalue weighted by Crippen LogP contribution is -2.00. The third kappa shape index (κ3) is 1.98. The molecule has 0 fully saturated rings. The lowest BCUT2D eigenvalue weighted by Gasteiger charge is -2.08. The minimum atomic E-state index is 0.629. The Morgan fingerprint density at radius 1 is 1.40 bits per heavy atom. The van der Waals surface area contributed by atoms with E-state index in [1.54, 1.807) is 6.20 Å². The van der Waals surface area contributed by atoms with E-state index in [0.717, 1.165) is 20.6 Å². The van der Waals surface area contributed by atoms with Crippen LogP contribution in [-0.4, -0.2) is 9.55 Å². The maximum atomic E-state index is 6.09. The van der Waals surface area contributed by atoms with E-state index in [0.29, 0.717) is 5.02 Å². The molecule has 78 valence electrons. The number of aryl methyl sites for hydroxylation is 1. The van der Waals surface area contributed by atoms with Crippen molar-refractivity contribution in [2.45, 2.75) is 6.92 Å². The standard InChI is InChI=1S/C10H7Br2ClN2/c1-6-5-7(11)9(12)15(6)10-8(13)3-2-4-14-10/h2-5H,1H3. The number of hydrogen-bond acceptors (Lipinski definition) is 1. The van der Waals surface area contributed by atoms with Gasteiger partial charge in [0.1, 0.15) is 4.60 Å². The van der Waals surface area contributed by atoms with Gasteiger partial charge in [0, 0.05) is 11.9 Å². The van der Waals surface area contributed by atoms with Gasteiger partial charge in [0.05, 0.1) is 9.50 Å². The minimum absolute atomic E-state index is 0.629. The van der Waals surface area contributed by atoms with Gasteiger partial charge in [-0.3, -0.25) is 4.57 Å². The van der Waals surface area contributed by atoms with E-state index in [1.165, 1.54) is 0 Å². The van der Waals surface area contributed by atoms with Crippen LogP contribution in [0.2, 0.25) is 5.02 Å². The fourth-order valence-electron chi connectivity index (χ4n) is 1.37. The van der Waals surface area contributed by atoms with E-state index < -0.39 is 0 Å². The van der Waals surface area contributed by atoms with Crippen molar-refractivity contribution in [1.29, 1.82) is 0 Å². The molecule has 0 N–H and O–H groups in total. The monoisotopic (exact) mass is 348 g/mol. The summed E-state index contributed by atoms with van der Waals surface area (Å²) >= 11 is 13.0. The van der Waals surface area contributed by atoms with Gasteiger partial charge in [0.15, 0.2) is 5.82 Å². The summed E-state index contributed by atoms with van der Waals surface area (Å²) in [4.78, 5) is 4.26. The van der Waals surface area contributed by atoms with Crippen LogP contribution < -0.4 is 0 Å². The third-order valence-electron chi connectivity index (χ3n) is 2.03. The molecule has 0 amide bonds. The van der Waals surface area contributed by atoms with Crippen LogP contribution >= 0.6 is 43.5 Å². The molecule has 2 aromatic rings. The normalized spacial score (nSPS) is 10.7. The molecule has 2 heterocycles. The zero-order valence-electron chi connectivity index (χ0n) is 7.84. The Morgan fingerprint density at radius 2 is 2.13 bits per heavy atom. The molecular formula is C10H7Br2ClN2. The summed E-state index contributed by atoms with van der Waals surface area (Å²) in [6.07, 6.45) is 1.72. The minimum Gasteiger partial charge on any atom is -0.290 e. The summed E-state index contributed by atoms with van der Waals surface area (Å²) in [7, 11) is 0. The number of nitrogens with zero attached hydrogens (tertiary/aromatic N) is 2. The summed E-state index contributed by atoms with van der Waals surface area (Å²) < 4.78 is 3.86. The van der Waals surface area contributed by atoms with Crippen LogP contribution in [0.25, 0.3) is 5.82 Å². The Labute approximate surface area is 110 Å². The molecular weight excluding hydrogens is 343 g/mol.